The van der Waals surface area contributed by atoms with Gasteiger partial charge in [-0.2, -0.15) is 18.3 Å². The van der Waals surface area contributed by atoms with Gasteiger partial charge in [-0.1, -0.05) is 12.1 Å². The summed E-state index contributed by atoms with van der Waals surface area (Å²) in [7, 11) is 1.54. The Hall–Kier alpha value is -4.87. The van der Waals surface area contributed by atoms with E-state index in [2.05, 4.69) is 30.0 Å². The van der Waals surface area contributed by atoms with Crippen LogP contribution in [0.2, 0.25) is 0 Å². The molecule has 2 aromatic carbocycles. The van der Waals surface area contributed by atoms with Crippen LogP contribution in [-0.4, -0.2) is 39.3 Å². The third-order valence-corrected chi connectivity index (χ3v) is 5.97. The molecule has 0 aliphatic carbocycles. The lowest BCUT2D eigenvalue weighted by molar-refractivity contribution is -0.137. The summed E-state index contributed by atoms with van der Waals surface area (Å²) < 4.78 is 44.5. The van der Waals surface area contributed by atoms with Crippen molar-refractivity contribution in [3.8, 4) is 28.1 Å². The Morgan fingerprint density at radius 1 is 0.917 bits per heavy atom. The number of H-pyrrole nitrogens is 1. The van der Waals surface area contributed by atoms with Gasteiger partial charge >= 0.3 is 11.9 Å². The van der Waals surface area contributed by atoms with Crippen LogP contribution in [0.25, 0.3) is 50.0 Å². The zero-order chi connectivity index (χ0) is 25.0. The third kappa shape index (κ3) is 3.42. The molecule has 0 fully saturated rings. The predicted octanol–water partition coefficient (Wildman–Crippen LogP) is 4.14. The van der Waals surface area contributed by atoms with Gasteiger partial charge in [-0.15, -0.1) is 0 Å². The van der Waals surface area contributed by atoms with Crippen LogP contribution in [0, 0.1) is 0 Å². The van der Waals surface area contributed by atoms with Crippen LogP contribution in [0.1, 0.15) is 5.56 Å². The largest absolute Gasteiger partial charge is 0.418 e. The van der Waals surface area contributed by atoms with Crippen LogP contribution < -0.4 is 5.69 Å². The Labute approximate surface area is 199 Å². The normalized spacial score (nSPS) is 12.0. The van der Waals surface area contributed by atoms with Crippen molar-refractivity contribution in [2.45, 2.75) is 6.18 Å². The summed E-state index contributed by atoms with van der Waals surface area (Å²) in [5, 5.41) is 4.48. The molecule has 1 N–H and O–H groups in total. The van der Waals surface area contributed by atoms with E-state index >= 15 is 0 Å². The number of pyridine rings is 1. The van der Waals surface area contributed by atoms with Gasteiger partial charge in [-0.3, -0.25) is 4.57 Å². The van der Waals surface area contributed by atoms with Crippen molar-refractivity contribution < 1.29 is 13.2 Å². The molecule has 4 aromatic heterocycles. The number of aryl methyl sites for hydroxylation is 1. The van der Waals surface area contributed by atoms with Crippen molar-refractivity contribution in [3.05, 3.63) is 83.8 Å². The van der Waals surface area contributed by atoms with Crippen LogP contribution in [0.4, 0.5) is 13.2 Å². The average molecular weight is 488 g/mol. The van der Waals surface area contributed by atoms with Gasteiger partial charge in [0, 0.05) is 36.0 Å². The maximum absolute atomic E-state index is 14.0. The Bertz CT molecular complexity index is 1810. The number of hydrogen-bond acceptors (Lipinski definition) is 6. The van der Waals surface area contributed by atoms with Gasteiger partial charge in [0.2, 0.25) is 0 Å². The van der Waals surface area contributed by atoms with Crippen LogP contribution >= 0.6 is 0 Å². The molecule has 9 nitrogen and oxygen atoms in total. The van der Waals surface area contributed by atoms with E-state index in [4.69, 9.17) is 0 Å². The molecule has 0 aliphatic rings. The number of nitrogens with one attached hydrogen (secondary N) is 1. The van der Waals surface area contributed by atoms with E-state index in [1.54, 1.807) is 25.5 Å². The summed E-state index contributed by atoms with van der Waals surface area (Å²) in [6.07, 6.45) is 2.45. The first-order chi connectivity index (χ1) is 17.3. The quantitative estimate of drug-likeness (QED) is 0.401. The number of aromatic amines is 1. The maximum atomic E-state index is 14.0. The molecule has 0 radical (unpaired) electrons. The number of rotatable bonds is 3. The van der Waals surface area contributed by atoms with Crippen LogP contribution in [0.15, 0.2) is 72.6 Å². The topological polar surface area (TPSA) is 107 Å². The van der Waals surface area contributed by atoms with Gasteiger partial charge in [0.05, 0.1) is 33.5 Å². The maximum Gasteiger partial charge on any atom is 0.418 e. The molecule has 0 amide bonds. The molecule has 4 heterocycles. The lowest BCUT2D eigenvalue weighted by atomic mass is 10.0. The molecule has 0 aliphatic heterocycles. The minimum atomic E-state index is -4.66. The van der Waals surface area contributed by atoms with E-state index < -0.39 is 17.4 Å². The number of nitrogens with zero attached hydrogens (tertiary/aromatic N) is 7. The highest BCUT2D eigenvalue weighted by molar-refractivity contribution is 6.08. The summed E-state index contributed by atoms with van der Waals surface area (Å²) >= 11 is 0. The van der Waals surface area contributed by atoms with E-state index in [1.165, 1.54) is 29.4 Å². The number of benzene rings is 2. The predicted molar refractivity (Wildman–Crippen MR) is 125 cm³/mol. The molecule has 0 spiro atoms. The van der Waals surface area contributed by atoms with Crippen LogP contribution in [0.3, 0.4) is 0 Å². The summed E-state index contributed by atoms with van der Waals surface area (Å²) in [4.78, 5) is 32.0. The zero-order valence-electron chi connectivity index (χ0n) is 18.5. The smallest absolute Gasteiger partial charge is 0.305 e. The summed E-state index contributed by atoms with van der Waals surface area (Å²) in [6, 6.07) is 9.26. The van der Waals surface area contributed by atoms with Crippen LogP contribution in [0.5, 0.6) is 0 Å². The van der Waals surface area contributed by atoms with Crippen molar-refractivity contribution in [2.24, 2.45) is 7.05 Å². The molecule has 178 valence electrons. The fourth-order valence-electron chi connectivity index (χ4n) is 4.27. The van der Waals surface area contributed by atoms with Crippen molar-refractivity contribution in [3.63, 3.8) is 0 Å². The van der Waals surface area contributed by atoms with Gasteiger partial charge in [-0.25, -0.2) is 29.4 Å². The Morgan fingerprint density at radius 2 is 1.69 bits per heavy atom. The first-order valence-electron chi connectivity index (χ1n) is 10.7. The van der Waals surface area contributed by atoms with Crippen molar-refractivity contribution in [1.82, 2.24) is 39.3 Å². The van der Waals surface area contributed by atoms with E-state index in [9.17, 15) is 18.0 Å². The molecular formula is C24H15F3N8O. The minimum absolute atomic E-state index is 0.168. The van der Waals surface area contributed by atoms with E-state index in [0.717, 1.165) is 28.2 Å². The Morgan fingerprint density at radius 3 is 2.42 bits per heavy atom. The fraction of sp³-hybridized carbons (Fsp3) is 0.0833. The number of halogens is 3. The van der Waals surface area contributed by atoms with Crippen molar-refractivity contribution in [1.29, 1.82) is 0 Å². The second kappa shape index (κ2) is 7.83. The van der Waals surface area contributed by atoms with Gasteiger partial charge in [-0.05, 0) is 29.8 Å². The molecule has 0 saturated carbocycles. The second-order valence-electron chi connectivity index (χ2n) is 8.10. The Balaban J connectivity index is 1.62. The third-order valence-electron chi connectivity index (χ3n) is 5.97. The number of hydrogen-bond donors (Lipinski definition) is 1. The molecule has 0 atom stereocenters. The number of aromatic nitrogens is 8. The number of alkyl halides is 3. The molecule has 0 saturated heterocycles. The minimum Gasteiger partial charge on any atom is -0.305 e. The first-order valence-corrected chi connectivity index (χ1v) is 10.7. The molecule has 0 bridgehead atoms. The summed E-state index contributed by atoms with van der Waals surface area (Å²) in [6.45, 7) is 0. The zero-order valence-corrected chi connectivity index (χ0v) is 18.5. The second-order valence-corrected chi connectivity index (χ2v) is 8.10. The number of imidazole rings is 1. The SMILES string of the molecule is Cn1c(=O)[nH]c2c3cc(-c4cncnc4)ccc3nc(-c3ccc(-n4cncn4)c(C(F)(F)F)c3)c21. The highest BCUT2D eigenvalue weighted by atomic mass is 19.4. The van der Waals surface area contributed by atoms with Gasteiger partial charge < -0.3 is 4.98 Å². The highest BCUT2D eigenvalue weighted by Crippen LogP contribution is 2.38. The summed E-state index contributed by atoms with van der Waals surface area (Å²) in [5.41, 5.74) is 1.90. The average Bonchev–Trinajstić information content (AvgIpc) is 3.52. The van der Waals surface area contributed by atoms with Gasteiger partial charge in [0.1, 0.15) is 19.0 Å². The number of fused-ring (bicyclic) bond motifs is 3. The van der Waals surface area contributed by atoms with E-state index in [1.807, 2.05) is 12.1 Å². The molecular weight excluding hydrogens is 473 g/mol. The molecule has 36 heavy (non-hydrogen) atoms. The first kappa shape index (κ1) is 21.6. The lowest BCUT2D eigenvalue weighted by Gasteiger charge is -2.15. The monoisotopic (exact) mass is 488 g/mol. The molecule has 0 unspecified atom stereocenters. The summed E-state index contributed by atoms with van der Waals surface area (Å²) in [5.74, 6) is 0. The van der Waals surface area contributed by atoms with Crippen molar-refractivity contribution >= 4 is 21.9 Å². The highest BCUT2D eigenvalue weighted by Gasteiger charge is 2.35. The van der Waals surface area contributed by atoms with E-state index in [0.29, 0.717) is 21.9 Å². The van der Waals surface area contributed by atoms with Crippen LogP contribution in [-0.2, 0) is 13.2 Å². The molecule has 12 heteroatoms. The van der Waals surface area contributed by atoms with Gasteiger partial charge in [0.15, 0.2) is 0 Å². The fourth-order valence-corrected chi connectivity index (χ4v) is 4.27. The Kier molecular flexibility index (Phi) is 4.71. The standard InChI is InChI=1S/C24H15F3N8O/c1-34-22-20(14-3-5-19(35-12-30-11-31-35)17(7-14)24(25,26)27)32-18-4-2-13(15-8-28-10-29-9-15)6-16(18)21(22)33-23(34)36/h2-12H,1H3,(H,33,36). The van der Waals surface area contributed by atoms with Crippen molar-refractivity contribution in [2.75, 3.05) is 0 Å². The lowest BCUT2D eigenvalue weighted by Crippen LogP contribution is -2.13. The molecule has 6 aromatic rings. The molecule has 6 rings (SSSR count). The van der Waals surface area contributed by atoms with E-state index in [-0.39, 0.29) is 16.9 Å². The van der Waals surface area contributed by atoms with Gasteiger partial charge in [0.25, 0.3) is 0 Å².